The average Bonchev–Trinajstić information content (AvgIpc) is 2.92. The summed E-state index contributed by atoms with van der Waals surface area (Å²) in [4.78, 5) is 23.3. The van der Waals surface area contributed by atoms with Gasteiger partial charge in [-0.1, -0.05) is 37.3 Å². The van der Waals surface area contributed by atoms with Gasteiger partial charge in [-0.2, -0.15) is 0 Å². The second-order valence-corrected chi connectivity index (χ2v) is 7.05. The third-order valence-electron chi connectivity index (χ3n) is 4.55. The van der Waals surface area contributed by atoms with Crippen LogP contribution in [0.15, 0.2) is 12.1 Å². The Kier molecular flexibility index (Phi) is 11.0. The van der Waals surface area contributed by atoms with Crippen LogP contribution < -0.4 is 25.8 Å². The molecule has 0 atom stereocenters. The number of hydrogen-bond donors (Lipinski definition) is 3. The minimum Gasteiger partial charge on any atom is -0.493 e. The fraction of sp³-hybridized carbons (Fsp3) is 0.579. The van der Waals surface area contributed by atoms with E-state index in [-0.39, 0.29) is 41.4 Å². The largest absolute Gasteiger partial charge is 0.493 e. The Labute approximate surface area is 177 Å². The van der Waals surface area contributed by atoms with Gasteiger partial charge in [-0.25, -0.2) is 0 Å². The standard InChI is InChI=1S/C19H28ClN3O4.ClH/c1-26-16-11-13(10-15(20)18(16)27-12-17(21)24)19(25)23-9-8-22-14-6-4-2-3-5-7-14;/h10-11,14,22H,2-9,12H2,1H3,(H2,21,24)(H,23,25);1H. The van der Waals surface area contributed by atoms with Crippen molar-refractivity contribution in [1.82, 2.24) is 10.6 Å². The number of rotatable bonds is 9. The van der Waals surface area contributed by atoms with Crippen LogP contribution in [0.5, 0.6) is 11.5 Å². The SMILES string of the molecule is COc1cc(C(=O)NCCNC2CCCCCC2)cc(Cl)c1OCC(N)=O.Cl. The Morgan fingerprint density at radius 2 is 1.86 bits per heavy atom. The number of carbonyl (C=O) groups excluding carboxylic acids is 2. The van der Waals surface area contributed by atoms with E-state index in [0.717, 1.165) is 6.54 Å². The summed E-state index contributed by atoms with van der Waals surface area (Å²) in [7, 11) is 1.43. The zero-order chi connectivity index (χ0) is 19.6. The van der Waals surface area contributed by atoms with Crippen molar-refractivity contribution < 1.29 is 19.1 Å². The Balaban J connectivity index is 0.00000392. The van der Waals surface area contributed by atoms with E-state index >= 15 is 0 Å². The fourth-order valence-corrected chi connectivity index (χ4v) is 3.44. The van der Waals surface area contributed by atoms with Crippen molar-refractivity contribution in [3.8, 4) is 11.5 Å². The molecule has 1 fully saturated rings. The number of hydrogen-bond acceptors (Lipinski definition) is 5. The predicted octanol–water partition coefficient (Wildman–Crippen LogP) is 2.68. The van der Waals surface area contributed by atoms with Gasteiger partial charge < -0.3 is 25.8 Å². The first-order valence-corrected chi connectivity index (χ1v) is 9.69. The Bertz CT molecular complexity index is 650. The van der Waals surface area contributed by atoms with E-state index in [1.54, 1.807) is 0 Å². The van der Waals surface area contributed by atoms with Gasteiger partial charge in [0.15, 0.2) is 18.1 Å². The van der Waals surface area contributed by atoms with E-state index < -0.39 is 5.91 Å². The van der Waals surface area contributed by atoms with Gasteiger partial charge in [0, 0.05) is 24.7 Å². The van der Waals surface area contributed by atoms with Crippen LogP contribution in [0.25, 0.3) is 0 Å². The van der Waals surface area contributed by atoms with Crippen LogP contribution >= 0.6 is 24.0 Å². The summed E-state index contributed by atoms with van der Waals surface area (Å²) in [6.07, 6.45) is 7.58. The van der Waals surface area contributed by atoms with Gasteiger partial charge in [-0.3, -0.25) is 9.59 Å². The summed E-state index contributed by atoms with van der Waals surface area (Å²) in [6.45, 7) is 0.921. The topological polar surface area (TPSA) is 103 Å². The highest BCUT2D eigenvalue weighted by molar-refractivity contribution is 6.32. The number of benzene rings is 1. The molecule has 9 heteroatoms. The number of primary amides is 1. The first kappa shape index (κ1) is 24.3. The summed E-state index contributed by atoms with van der Waals surface area (Å²) < 4.78 is 10.5. The van der Waals surface area contributed by atoms with Crippen molar-refractivity contribution in [2.45, 2.75) is 44.6 Å². The molecule has 1 aromatic carbocycles. The van der Waals surface area contributed by atoms with Crippen molar-refractivity contribution >= 4 is 35.8 Å². The number of nitrogens with two attached hydrogens (primary N) is 1. The van der Waals surface area contributed by atoms with E-state index in [0.29, 0.717) is 18.2 Å². The van der Waals surface area contributed by atoms with Gasteiger partial charge >= 0.3 is 0 Å². The zero-order valence-corrected chi connectivity index (χ0v) is 17.7. The number of ether oxygens (including phenoxy) is 2. The van der Waals surface area contributed by atoms with E-state index in [1.165, 1.54) is 57.8 Å². The number of carbonyl (C=O) groups is 2. The van der Waals surface area contributed by atoms with Crippen molar-refractivity contribution in [2.24, 2.45) is 5.73 Å². The quantitative estimate of drug-likeness (QED) is 0.410. The maximum absolute atomic E-state index is 12.4. The molecule has 1 aliphatic rings. The van der Waals surface area contributed by atoms with E-state index in [2.05, 4.69) is 10.6 Å². The molecule has 0 unspecified atom stereocenters. The monoisotopic (exact) mass is 433 g/mol. The third kappa shape index (κ3) is 7.73. The molecule has 2 rings (SSSR count). The smallest absolute Gasteiger partial charge is 0.255 e. The fourth-order valence-electron chi connectivity index (χ4n) is 3.17. The number of nitrogens with one attached hydrogen (secondary N) is 2. The Morgan fingerprint density at radius 3 is 2.46 bits per heavy atom. The molecule has 0 heterocycles. The van der Waals surface area contributed by atoms with Crippen LogP contribution in [-0.4, -0.2) is 44.7 Å². The number of amides is 2. The van der Waals surface area contributed by atoms with Crippen molar-refractivity contribution in [3.05, 3.63) is 22.7 Å². The lowest BCUT2D eigenvalue weighted by atomic mass is 10.1. The summed E-state index contributed by atoms with van der Waals surface area (Å²) in [6, 6.07) is 3.55. The van der Waals surface area contributed by atoms with Crippen LogP contribution in [0.4, 0.5) is 0 Å². The molecular formula is C19H29Cl2N3O4. The molecule has 2 amide bonds. The molecule has 0 radical (unpaired) electrons. The Hall–Kier alpha value is -1.70. The van der Waals surface area contributed by atoms with Gasteiger partial charge in [-0.05, 0) is 25.0 Å². The normalized spacial score (nSPS) is 14.5. The average molecular weight is 434 g/mol. The molecule has 28 heavy (non-hydrogen) atoms. The molecule has 158 valence electrons. The highest BCUT2D eigenvalue weighted by Crippen LogP contribution is 2.36. The molecule has 0 aromatic heterocycles. The van der Waals surface area contributed by atoms with E-state index in [9.17, 15) is 9.59 Å². The van der Waals surface area contributed by atoms with Gasteiger partial charge in [0.05, 0.1) is 12.1 Å². The van der Waals surface area contributed by atoms with Crippen molar-refractivity contribution in [1.29, 1.82) is 0 Å². The first-order chi connectivity index (χ1) is 13.0. The molecule has 4 N–H and O–H groups in total. The lowest BCUT2D eigenvalue weighted by Gasteiger charge is -2.16. The van der Waals surface area contributed by atoms with Crippen molar-refractivity contribution in [2.75, 3.05) is 26.8 Å². The second kappa shape index (κ2) is 12.7. The second-order valence-electron chi connectivity index (χ2n) is 6.64. The van der Waals surface area contributed by atoms with Gasteiger partial charge in [0.25, 0.3) is 11.8 Å². The molecule has 0 aliphatic heterocycles. The highest BCUT2D eigenvalue weighted by atomic mass is 35.5. The van der Waals surface area contributed by atoms with Crippen LogP contribution in [0, 0.1) is 0 Å². The maximum Gasteiger partial charge on any atom is 0.255 e. The molecule has 7 nitrogen and oxygen atoms in total. The van der Waals surface area contributed by atoms with Gasteiger partial charge in [0.2, 0.25) is 0 Å². The summed E-state index contributed by atoms with van der Waals surface area (Å²) in [5.74, 6) is -0.426. The molecular weight excluding hydrogens is 405 g/mol. The zero-order valence-electron chi connectivity index (χ0n) is 16.1. The number of halogens is 2. The van der Waals surface area contributed by atoms with Crippen LogP contribution in [0.3, 0.4) is 0 Å². The minimum absolute atomic E-state index is 0. The maximum atomic E-state index is 12.4. The lowest BCUT2D eigenvalue weighted by Crippen LogP contribution is -2.36. The lowest BCUT2D eigenvalue weighted by molar-refractivity contribution is -0.119. The summed E-state index contributed by atoms with van der Waals surface area (Å²) in [5, 5.41) is 6.56. The molecule has 1 aromatic rings. The number of methoxy groups -OCH3 is 1. The summed E-state index contributed by atoms with van der Waals surface area (Å²) >= 11 is 6.17. The first-order valence-electron chi connectivity index (χ1n) is 9.31. The molecule has 1 saturated carbocycles. The van der Waals surface area contributed by atoms with Crippen LogP contribution in [-0.2, 0) is 4.79 Å². The molecule has 0 spiro atoms. The van der Waals surface area contributed by atoms with E-state index in [4.69, 9.17) is 26.8 Å². The van der Waals surface area contributed by atoms with Crippen LogP contribution in [0.2, 0.25) is 5.02 Å². The highest BCUT2D eigenvalue weighted by Gasteiger charge is 2.17. The molecule has 0 saturated heterocycles. The van der Waals surface area contributed by atoms with Gasteiger partial charge in [-0.15, -0.1) is 12.4 Å². The Morgan fingerprint density at radius 1 is 1.18 bits per heavy atom. The van der Waals surface area contributed by atoms with Crippen LogP contribution in [0.1, 0.15) is 48.9 Å². The predicted molar refractivity (Wildman–Crippen MR) is 112 cm³/mol. The summed E-state index contributed by atoms with van der Waals surface area (Å²) in [5.41, 5.74) is 5.43. The van der Waals surface area contributed by atoms with Crippen molar-refractivity contribution in [3.63, 3.8) is 0 Å². The van der Waals surface area contributed by atoms with E-state index in [1.807, 2.05) is 0 Å². The minimum atomic E-state index is -0.629. The van der Waals surface area contributed by atoms with Gasteiger partial charge in [0.1, 0.15) is 0 Å². The molecule has 1 aliphatic carbocycles. The third-order valence-corrected chi connectivity index (χ3v) is 4.83. The molecule has 0 bridgehead atoms.